The van der Waals surface area contributed by atoms with Crippen LogP contribution in [0.2, 0.25) is 0 Å². The largest absolute Gasteiger partial charge is 0.472 e. The molecule has 1 aromatic heterocycles. The van der Waals surface area contributed by atoms with Gasteiger partial charge in [0.1, 0.15) is 6.10 Å². The average Bonchev–Trinajstić information content (AvgIpc) is 3.03. The molecule has 0 spiro atoms. The molecule has 1 fully saturated rings. The molecular formula is C17H16BrF3N2O2. The SMILES string of the molecule is OCc1ccc(Br)cc1N1CC[C@H](Oc2ccc(C(F)(F)F)cn2)C1. The molecule has 1 aliphatic rings. The Hall–Kier alpha value is -1.80. The zero-order valence-corrected chi connectivity index (χ0v) is 14.7. The van der Waals surface area contributed by atoms with Crippen molar-refractivity contribution in [1.82, 2.24) is 4.98 Å². The Morgan fingerprint density at radius 2 is 2.08 bits per heavy atom. The number of nitrogens with zero attached hydrogens (tertiary/aromatic N) is 2. The molecule has 3 rings (SSSR count). The average molecular weight is 417 g/mol. The van der Waals surface area contributed by atoms with Crippen LogP contribution in [0, 0.1) is 0 Å². The lowest BCUT2D eigenvalue weighted by atomic mass is 10.2. The van der Waals surface area contributed by atoms with Gasteiger partial charge in [0, 0.05) is 41.0 Å². The summed E-state index contributed by atoms with van der Waals surface area (Å²) in [5.41, 5.74) is 0.939. The summed E-state index contributed by atoms with van der Waals surface area (Å²) in [5, 5.41) is 9.49. The van der Waals surface area contributed by atoms with Crippen molar-refractivity contribution in [3.8, 4) is 5.88 Å². The van der Waals surface area contributed by atoms with Gasteiger partial charge in [0.15, 0.2) is 0 Å². The summed E-state index contributed by atoms with van der Waals surface area (Å²) >= 11 is 3.42. The normalized spacial score (nSPS) is 17.8. The van der Waals surface area contributed by atoms with Gasteiger partial charge in [0.05, 0.1) is 18.7 Å². The lowest BCUT2D eigenvalue weighted by molar-refractivity contribution is -0.137. The predicted molar refractivity (Wildman–Crippen MR) is 90.5 cm³/mol. The van der Waals surface area contributed by atoms with Gasteiger partial charge in [-0.3, -0.25) is 0 Å². The van der Waals surface area contributed by atoms with Gasteiger partial charge in [-0.25, -0.2) is 4.98 Å². The van der Waals surface area contributed by atoms with Crippen LogP contribution in [0.4, 0.5) is 18.9 Å². The van der Waals surface area contributed by atoms with E-state index in [4.69, 9.17) is 4.74 Å². The van der Waals surface area contributed by atoms with Crippen molar-refractivity contribution in [1.29, 1.82) is 0 Å². The standard InChI is InChI=1S/C17H16BrF3N2O2/c18-13-3-1-11(10-24)15(7-13)23-6-5-14(9-23)25-16-4-2-12(8-22-16)17(19,20)21/h1-4,7-8,14,24H,5-6,9-10H2/t14-/m0/s1. The Labute approximate surface area is 151 Å². The van der Waals surface area contributed by atoms with E-state index in [1.165, 1.54) is 6.07 Å². The molecule has 4 nitrogen and oxygen atoms in total. The van der Waals surface area contributed by atoms with Crippen LogP contribution < -0.4 is 9.64 Å². The molecule has 0 bridgehead atoms. The van der Waals surface area contributed by atoms with E-state index in [0.29, 0.717) is 6.54 Å². The smallest absolute Gasteiger partial charge is 0.417 e. The van der Waals surface area contributed by atoms with E-state index in [1.807, 2.05) is 18.2 Å². The topological polar surface area (TPSA) is 45.6 Å². The molecule has 0 aliphatic carbocycles. The number of aliphatic hydroxyl groups is 1. The van der Waals surface area contributed by atoms with Crippen molar-refractivity contribution in [3.05, 3.63) is 52.1 Å². The fraction of sp³-hybridized carbons (Fsp3) is 0.353. The molecule has 1 aliphatic heterocycles. The molecule has 1 atom stereocenters. The van der Waals surface area contributed by atoms with Crippen LogP contribution in [0.5, 0.6) is 5.88 Å². The number of benzene rings is 1. The van der Waals surface area contributed by atoms with Gasteiger partial charge in [-0.1, -0.05) is 22.0 Å². The van der Waals surface area contributed by atoms with Gasteiger partial charge in [-0.2, -0.15) is 13.2 Å². The number of alkyl halides is 3. The second-order valence-electron chi connectivity index (χ2n) is 5.79. The maximum Gasteiger partial charge on any atom is 0.417 e. The number of pyridine rings is 1. The van der Waals surface area contributed by atoms with Crippen molar-refractivity contribution >= 4 is 21.6 Å². The number of hydrogen-bond acceptors (Lipinski definition) is 4. The predicted octanol–water partition coefficient (Wildman–Crippen LogP) is 4.01. The van der Waals surface area contributed by atoms with Crippen molar-refractivity contribution < 1.29 is 23.0 Å². The second kappa shape index (κ2) is 7.21. The molecule has 1 aromatic carbocycles. The van der Waals surface area contributed by atoms with Crippen LogP contribution >= 0.6 is 15.9 Å². The number of rotatable bonds is 4. The summed E-state index contributed by atoms with van der Waals surface area (Å²) in [6.07, 6.45) is -3.08. The van der Waals surface area contributed by atoms with E-state index in [9.17, 15) is 18.3 Å². The zero-order valence-electron chi connectivity index (χ0n) is 13.1. The van der Waals surface area contributed by atoms with E-state index < -0.39 is 11.7 Å². The first kappa shape index (κ1) is 18.0. The molecule has 8 heteroatoms. The molecule has 0 amide bonds. The van der Waals surface area contributed by atoms with Gasteiger partial charge < -0.3 is 14.7 Å². The monoisotopic (exact) mass is 416 g/mol. The number of hydrogen-bond donors (Lipinski definition) is 1. The van der Waals surface area contributed by atoms with E-state index in [-0.39, 0.29) is 18.6 Å². The maximum absolute atomic E-state index is 12.6. The number of ether oxygens (including phenoxy) is 1. The van der Waals surface area contributed by atoms with Crippen LogP contribution in [-0.4, -0.2) is 29.3 Å². The summed E-state index contributed by atoms with van der Waals surface area (Å²) in [4.78, 5) is 5.83. The van der Waals surface area contributed by atoms with E-state index in [2.05, 4.69) is 25.8 Å². The van der Waals surface area contributed by atoms with Crippen LogP contribution in [0.1, 0.15) is 17.5 Å². The molecule has 25 heavy (non-hydrogen) atoms. The lowest BCUT2D eigenvalue weighted by Crippen LogP contribution is -2.25. The Kier molecular flexibility index (Phi) is 5.19. The summed E-state index contributed by atoms with van der Waals surface area (Å²) in [7, 11) is 0. The minimum atomic E-state index is -4.41. The number of anilines is 1. The zero-order chi connectivity index (χ0) is 18.0. The number of aliphatic hydroxyl groups excluding tert-OH is 1. The summed E-state index contributed by atoms with van der Waals surface area (Å²) in [6, 6.07) is 7.86. The molecule has 134 valence electrons. The van der Waals surface area contributed by atoms with Crippen LogP contribution in [0.15, 0.2) is 41.0 Å². The minimum Gasteiger partial charge on any atom is -0.472 e. The van der Waals surface area contributed by atoms with Crippen LogP contribution in [0.25, 0.3) is 0 Å². The highest BCUT2D eigenvalue weighted by atomic mass is 79.9. The Bertz CT molecular complexity index is 738. The van der Waals surface area contributed by atoms with E-state index in [0.717, 1.165) is 41.0 Å². The first-order valence-corrected chi connectivity index (χ1v) is 8.50. The molecule has 1 saturated heterocycles. The van der Waals surface area contributed by atoms with Crippen LogP contribution in [0.3, 0.4) is 0 Å². The third kappa shape index (κ3) is 4.24. The highest BCUT2D eigenvalue weighted by Crippen LogP contribution is 2.31. The fourth-order valence-electron chi connectivity index (χ4n) is 2.80. The Balaban J connectivity index is 1.66. The van der Waals surface area contributed by atoms with Crippen molar-refractivity contribution in [2.75, 3.05) is 18.0 Å². The molecule has 0 radical (unpaired) electrons. The first-order valence-electron chi connectivity index (χ1n) is 7.71. The van der Waals surface area contributed by atoms with Gasteiger partial charge in [0.25, 0.3) is 0 Å². The third-order valence-electron chi connectivity index (χ3n) is 4.05. The molecule has 2 aromatic rings. The van der Waals surface area contributed by atoms with Gasteiger partial charge >= 0.3 is 6.18 Å². The minimum absolute atomic E-state index is 0.0644. The molecule has 0 unspecified atom stereocenters. The Morgan fingerprint density at radius 1 is 1.28 bits per heavy atom. The Morgan fingerprint density at radius 3 is 2.72 bits per heavy atom. The highest BCUT2D eigenvalue weighted by Gasteiger charge is 2.31. The van der Waals surface area contributed by atoms with Gasteiger partial charge in [0.2, 0.25) is 5.88 Å². The summed E-state index contributed by atoms with van der Waals surface area (Å²) in [6.45, 7) is 1.24. The first-order chi connectivity index (χ1) is 11.9. The summed E-state index contributed by atoms with van der Waals surface area (Å²) < 4.78 is 44.3. The maximum atomic E-state index is 12.6. The summed E-state index contributed by atoms with van der Waals surface area (Å²) in [5.74, 6) is 0.177. The number of aromatic nitrogens is 1. The van der Waals surface area contributed by atoms with E-state index in [1.54, 1.807) is 0 Å². The van der Waals surface area contributed by atoms with Crippen molar-refractivity contribution in [2.24, 2.45) is 0 Å². The van der Waals surface area contributed by atoms with Gasteiger partial charge in [-0.15, -0.1) is 0 Å². The number of halogens is 4. The molecule has 0 saturated carbocycles. The lowest BCUT2D eigenvalue weighted by Gasteiger charge is -2.22. The van der Waals surface area contributed by atoms with E-state index >= 15 is 0 Å². The third-order valence-corrected chi connectivity index (χ3v) is 4.55. The molecule has 1 N–H and O–H groups in total. The van der Waals surface area contributed by atoms with Gasteiger partial charge in [-0.05, 0) is 18.2 Å². The molecule has 2 heterocycles. The van der Waals surface area contributed by atoms with Crippen LogP contribution in [-0.2, 0) is 12.8 Å². The highest BCUT2D eigenvalue weighted by molar-refractivity contribution is 9.10. The second-order valence-corrected chi connectivity index (χ2v) is 6.70. The fourth-order valence-corrected chi connectivity index (χ4v) is 3.15. The van der Waals surface area contributed by atoms with Crippen molar-refractivity contribution in [2.45, 2.75) is 25.3 Å². The van der Waals surface area contributed by atoms with Crippen molar-refractivity contribution in [3.63, 3.8) is 0 Å². The quantitative estimate of drug-likeness (QED) is 0.817. The molecular weight excluding hydrogens is 401 g/mol.